The molecule has 1 aromatic rings. The van der Waals surface area contributed by atoms with Crippen LogP contribution in [0.5, 0.6) is 0 Å². The van der Waals surface area contributed by atoms with Gasteiger partial charge >= 0.3 is 0 Å². The van der Waals surface area contributed by atoms with Crippen molar-refractivity contribution in [3.05, 3.63) is 16.6 Å². The zero-order chi connectivity index (χ0) is 11.3. The molecule has 0 fully saturated rings. The van der Waals surface area contributed by atoms with E-state index < -0.39 is 0 Å². The summed E-state index contributed by atoms with van der Waals surface area (Å²) in [5, 5.41) is 0. The second-order valence-corrected chi connectivity index (χ2v) is 4.97. The highest BCUT2D eigenvalue weighted by molar-refractivity contribution is 7.09. The average Bonchev–Trinajstić information content (AvgIpc) is 2.65. The number of hydrogen-bond donors (Lipinski definition) is 1. The van der Waals surface area contributed by atoms with Crippen LogP contribution in [-0.2, 0) is 11.2 Å². The van der Waals surface area contributed by atoms with Crippen LogP contribution in [0.4, 0.5) is 0 Å². The first-order chi connectivity index (χ1) is 7.15. The predicted octanol–water partition coefficient (Wildman–Crippen LogP) is 2.07. The second kappa shape index (κ2) is 6.20. The van der Waals surface area contributed by atoms with E-state index in [0.29, 0.717) is 5.92 Å². The standard InChI is InChI=1S/C11H20N2OS/c1-4-14-11(8(2)3)10(12)5-9-6-13-7-15-9/h6-8,10-11H,4-5,12H2,1-3H3. The van der Waals surface area contributed by atoms with Crippen LogP contribution in [0.15, 0.2) is 11.7 Å². The van der Waals surface area contributed by atoms with Crippen LogP contribution in [0.25, 0.3) is 0 Å². The minimum atomic E-state index is 0.0606. The van der Waals surface area contributed by atoms with Crippen LogP contribution < -0.4 is 5.73 Å². The molecule has 4 heteroatoms. The monoisotopic (exact) mass is 228 g/mol. The zero-order valence-electron chi connectivity index (χ0n) is 9.64. The van der Waals surface area contributed by atoms with E-state index >= 15 is 0 Å². The van der Waals surface area contributed by atoms with Gasteiger partial charge in [0, 0.05) is 30.1 Å². The van der Waals surface area contributed by atoms with Crippen LogP contribution in [0.1, 0.15) is 25.6 Å². The van der Waals surface area contributed by atoms with E-state index in [1.807, 2.05) is 18.6 Å². The molecule has 0 bridgehead atoms. The zero-order valence-corrected chi connectivity index (χ0v) is 10.5. The second-order valence-electron chi connectivity index (χ2n) is 4.00. The number of rotatable bonds is 6. The van der Waals surface area contributed by atoms with Gasteiger partial charge in [-0.1, -0.05) is 13.8 Å². The molecule has 0 radical (unpaired) electrons. The Bertz CT molecular complexity index is 262. The SMILES string of the molecule is CCOC(C(C)C)C(N)Cc1cncs1. The maximum atomic E-state index is 6.15. The molecule has 15 heavy (non-hydrogen) atoms. The van der Waals surface area contributed by atoms with Gasteiger partial charge in [-0.05, 0) is 12.8 Å². The fraction of sp³-hybridized carbons (Fsp3) is 0.727. The van der Waals surface area contributed by atoms with E-state index in [1.54, 1.807) is 11.3 Å². The molecule has 2 N–H and O–H groups in total. The summed E-state index contributed by atoms with van der Waals surface area (Å²) in [6.45, 7) is 7.02. The van der Waals surface area contributed by atoms with Gasteiger partial charge in [-0.3, -0.25) is 4.98 Å². The molecular formula is C11H20N2OS. The van der Waals surface area contributed by atoms with E-state index in [9.17, 15) is 0 Å². The molecule has 0 amide bonds. The van der Waals surface area contributed by atoms with E-state index in [0.717, 1.165) is 13.0 Å². The molecule has 86 valence electrons. The van der Waals surface area contributed by atoms with Gasteiger partial charge in [-0.2, -0.15) is 0 Å². The van der Waals surface area contributed by atoms with Gasteiger partial charge in [0.15, 0.2) is 0 Å². The smallest absolute Gasteiger partial charge is 0.0794 e. The Hall–Kier alpha value is -0.450. The van der Waals surface area contributed by atoms with Crippen molar-refractivity contribution in [2.45, 2.75) is 39.3 Å². The van der Waals surface area contributed by atoms with Crippen LogP contribution in [0.3, 0.4) is 0 Å². The van der Waals surface area contributed by atoms with E-state index in [4.69, 9.17) is 10.5 Å². The molecule has 1 rings (SSSR count). The summed E-state index contributed by atoms with van der Waals surface area (Å²) in [7, 11) is 0. The molecule has 0 aliphatic heterocycles. The lowest BCUT2D eigenvalue weighted by atomic mass is 9.97. The maximum Gasteiger partial charge on any atom is 0.0794 e. The van der Waals surface area contributed by atoms with Gasteiger partial charge in [0.1, 0.15) is 0 Å². The van der Waals surface area contributed by atoms with Gasteiger partial charge < -0.3 is 10.5 Å². The molecule has 0 aromatic carbocycles. The molecule has 2 atom stereocenters. The topological polar surface area (TPSA) is 48.1 Å². The van der Waals surface area contributed by atoms with Gasteiger partial charge in [0.05, 0.1) is 11.6 Å². The van der Waals surface area contributed by atoms with E-state index in [-0.39, 0.29) is 12.1 Å². The van der Waals surface area contributed by atoms with Crippen molar-refractivity contribution >= 4 is 11.3 Å². The Balaban J connectivity index is 2.52. The highest BCUT2D eigenvalue weighted by atomic mass is 32.1. The maximum absolute atomic E-state index is 6.15. The lowest BCUT2D eigenvalue weighted by Gasteiger charge is -2.26. The van der Waals surface area contributed by atoms with Gasteiger partial charge in [0.2, 0.25) is 0 Å². The first-order valence-corrected chi connectivity index (χ1v) is 6.27. The lowest BCUT2D eigenvalue weighted by Crippen LogP contribution is -2.41. The van der Waals surface area contributed by atoms with Crippen molar-refractivity contribution in [3.63, 3.8) is 0 Å². The summed E-state index contributed by atoms with van der Waals surface area (Å²) in [5.41, 5.74) is 7.99. The predicted molar refractivity (Wildman–Crippen MR) is 64.0 cm³/mol. The van der Waals surface area contributed by atoms with Crippen molar-refractivity contribution in [3.8, 4) is 0 Å². The lowest BCUT2D eigenvalue weighted by molar-refractivity contribution is 0.0129. The van der Waals surface area contributed by atoms with Gasteiger partial charge in [0.25, 0.3) is 0 Å². The molecule has 0 saturated carbocycles. The Morgan fingerprint density at radius 2 is 2.27 bits per heavy atom. The number of ether oxygens (including phenoxy) is 1. The summed E-state index contributed by atoms with van der Waals surface area (Å²) < 4.78 is 5.67. The fourth-order valence-corrected chi connectivity index (χ4v) is 2.36. The third-order valence-corrected chi connectivity index (χ3v) is 3.16. The largest absolute Gasteiger partial charge is 0.377 e. The highest BCUT2D eigenvalue weighted by Crippen LogP contribution is 2.15. The molecule has 1 heterocycles. The Kier molecular flexibility index (Phi) is 5.22. The Morgan fingerprint density at radius 3 is 2.73 bits per heavy atom. The summed E-state index contributed by atoms with van der Waals surface area (Å²) in [6, 6.07) is 0.0606. The van der Waals surface area contributed by atoms with E-state index in [2.05, 4.69) is 18.8 Å². The van der Waals surface area contributed by atoms with Crippen molar-refractivity contribution < 1.29 is 4.74 Å². The molecule has 0 aliphatic rings. The Labute approximate surface area is 95.7 Å². The number of nitrogens with zero attached hydrogens (tertiary/aromatic N) is 1. The molecule has 0 saturated heterocycles. The molecule has 1 aromatic heterocycles. The number of thiazole rings is 1. The van der Waals surface area contributed by atoms with Crippen molar-refractivity contribution in [2.75, 3.05) is 6.61 Å². The third-order valence-electron chi connectivity index (χ3n) is 2.36. The third kappa shape index (κ3) is 3.89. The van der Waals surface area contributed by atoms with Crippen LogP contribution in [0, 0.1) is 5.92 Å². The van der Waals surface area contributed by atoms with Crippen LogP contribution in [0.2, 0.25) is 0 Å². The molecule has 0 spiro atoms. The Morgan fingerprint density at radius 1 is 1.53 bits per heavy atom. The minimum Gasteiger partial charge on any atom is -0.377 e. The number of aromatic nitrogens is 1. The molecular weight excluding hydrogens is 208 g/mol. The quantitative estimate of drug-likeness (QED) is 0.811. The summed E-state index contributed by atoms with van der Waals surface area (Å²) in [5.74, 6) is 0.452. The van der Waals surface area contributed by atoms with E-state index in [1.165, 1.54) is 4.88 Å². The molecule has 0 aliphatic carbocycles. The first-order valence-electron chi connectivity index (χ1n) is 5.39. The summed E-state index contributed by atoms with van der Waals surface area (Å²) in [4.78, 5) is 5.28. The first kappa shape index (κ1) is 12.6. The van der Waals surface area contributed by atoms with Crippen molar-refractivity contribution in [2.24, 2.45) is 11.7 Å². The van der Waals surface area contributed by atoms with Crippen LogP contribution in [-0.4, -0.2) is 23.7 Å². The number of hydrogen-bond acceptors (Lipinski definition) is 4. The number of nitrogens with two attached hydrogens (primary N) is 1. The van der Waals surface area contributed by atoms with Crippen molar-refractivity contribution in [1.82, 2.24) is 4.98 Å². The van der Waals surface area contributed by atoms with Gasteiger partial charge in [-0.15, -0.1) is 11.3 Å². The minimum absolute atomic E-state index is 0.0606. The fourth-order valence-electron chi connectivity index (χ4n) is 1.69. The van der Waals surface area contributed by atoms with Crippen LogP contribution >= 0.6 is 11.3 Å². The average molecular weight is 228 g/mol. The summed E-state index contributed by atoms with van der Waals surface area (Å²) >= 11 is 1.65. The normalized spacial score (nSPS) is 15.5. The highest BCUT2D eigenvalue weighted by Gasteiger charge is 2.22. The molecule has 3 nitrogen and oxygen atoms in total. The van der Waals surface area contributed by atoms with Crippen molar-refractivity contribution in [1.29, 1.82) is 0 Å². The summed E-state index contributed by atoms with van der Waals surface area (Å²) in [6.07, 6.45) is 2.87. The van der Waals surface area contributed by atoms with Gasteiger partial charge in [-0.25, -0.2) is 0 Å². The molecule has 2 unspecified atom stereocenters.